The van der Waals surface area contributed by atoms with Crippen molar-refractivity contribution < 1.29 is 14.6 Å². The van der Waals surface area contributed by atoms with Crippen molar-refractivity contribution in [3.05, 3.63) is 48.0 Å². The Balaban J connectivity index is 2.18. The van der Waals surface area contributed by atoms with Gasteiger partial charge in [-0.3, -0.25) is 0 Å². The molecule has 1 saturated carbocycles. The molecule has 1 aromatic rings. The Bertz CT molecular complexity index is 408. The van der Waals surface area contributed by atoms with Crippen molar-refractivity contribution in [1.82, 2.24) is 0 Å². The van der Waals surface area contributed by atoms with Crippen molar-refractivity contribution in [3.8, 4) is 0 Å². The molecular formula is C15H20O3. The fourth-order valence-corrected chi connectivity index (χ4v) is 2.54. The van der Waals surface area contributed by atoms with Gasteiger partial charge in [0, 0.05) is 20.0 Å². The first-order valence-electron chi connectivity index (χ1n) is 6.22. The van der Waals surface area contributed by atoms with Crippen molar-refractivity contribution in [2.45, 2.75) is 31.2 Å². The Kier molecular flexibility index (Phi) is 4.17. The zero-order valence-electron chi connectivity index (χ0n) is 10.8. The SMILES string of the molecule is C=CCOCc1ccccc1C1(OC)CC(O)C1. The molecule has 0 spiro atoms. The molecule has 0 atom stereocenters. The summed E-state index contributed by atoms with van der Waals surface area (Å²) in [4.78, 5) is 0. The molecule has 3 heteroatoms. The highest BCUT2D eigenvalue weighted by Gasteiger charge is 2.46. The molecule has 1 fully saturated rings. The van der Waals surface area contributed by atoms with Gasteiger partial charge in [-0.05, 0) is 11.1 Å². The lowest BCUT2D eigenvalue weighted by atomic mass is 9.71. The summed E-state index contributed by atoms with van der Waals surface area (Å²) < 4.78 is 11.1. The van der Waals surface area contributed by atoms with Crippen LogP contribution in [0.1, 0.15) is 24.0 Å². The third-order valence-electron chi connectivity index (χ3n) is 3.52. The number of hydrogen-bond donors (Lipinski definition) is 1. The number of aliphatic hydroxyl groups is 1. The third kappa shape index (κ3) is 2.48. The van der Waals surface area contributed by atoms with Gasteiger partial charge in [0.1, 0.15) is 0 Å². The van der Waals surface area contributed by atoms with E-state index in [-0.39, 0.29) is 11.7 Å². The van der Waals surface area contributed by atoms with E-state index in [1.54, 1.807) is 13.2 Å². The van der Waals surface area contributed by atoms with E-state index in [9.17, 15) is 5.11 Å². The molecule has 0 radical (unpaired) electrons. The zero-order valence-corrected chi connectivity index (χ0v) is 10.8. The van der Waals surface area contributed by atoms with Crippen molar-refractivity contribution in [2.75, 3.05) is 13.7 Å². The predicted molar refractivity (Wildman–Crippen MR) is 70.2 cm³/mol. The molecular weight excluding hydrogens is 228 g/mol. The Hall–Kier alpha value is -1.16. The summed E-state index contributed by atoms with van der Waals surface area (Å²) in [6.07, 6.45) is 2.79. The van der Waals surface area contributed by atoms with Gasteiger partial charge in [-0.15, -0.1) is 6.58 Å². The smallest absolute Gasteiger partial charge is 0.0980 e. The zero-order chi connectivity index (χ0) is 13.0. The van der Waals surface area contributed by atoms with E-state index in [1.165, 1.54) is 0 Å². The molecule has 0 saturated heterocycles. The van der Waals surface area contributed by atoms with Gasteiger partial charge in [-0.25, -0.2) is 0 Å². The molecule has 2 rings (SSSR count). The molecule has 0 heterocycles. The van der Waals surface area contributed by atoms with Crippen LogP contribution in [0.3, 0.4) is 0 Å². The topological polar surface area (TPSA) is 38.7 Å². The lowest BCUT2D eigenvalue weighted by Crippen LogP contribution is -2.46. The van der Waals surface area contributed by atoms with E-state index in [0.29, 0.717) is 26.1 Å². The Morgan fingerprint density at radius 2 is 2.17 bits per heavy atom. The predicted octanol–water partition coefficient (Wildman–Crippen LogP) is 2.39. The van der Waals surface area contributed by atoms with Crippen LogP contribution in [0, 0.1) is 0 Å². The lowest BCUT2D eigenvalue weighted by Gasteiger charge is -2.45. The lowest BCUT2D eigenvalue weighted by molar-refractivity contribution is -0.144. The Morgan fingerprint density at radius 1 is 1.44 bits per heavy atom. The van der Waals surface area contributed by atoms with Gasteiger partial charge in [0.15, 0.2) is 0 Å². The summed E-state index contributed by atoms with van der Waals surface area (Å²) in [5.41, 5.74) is 1.91. The quantitative estimate of drug-likeness (QED) is 0.620. The highest BCUT2D eigenvalue weighted by molar-refractivity contribution is 5.34. The van der Waals surface area contributed by atoms with Gasteiger partial charge in [-0.2, -0.15) is 0 Å². The van der Waals surface area contributed by atoms with E-state index in [0.717, 1.165) is 11.1 Å². The summed E-state index contributed by atoms with van der Waals surface area (Å²) in [7, 11) is 1.70. The standard InChI is InChI=1S/C15H20O3/c1-3-8-18-11-12-6-4-5-7-14(12)15(17-2)9-13(16)10-15/h3-7,13,16H,1,8-11H2,2H3. The molecule has 98 valence electrons. The van der Waals surface area contributed by atoms with Crippen molar-refractivity contribution >= 4 is 0 Å². The van der Waals surface area contributed by atoms with Crippen molar-refractivity contribution in [3.63, 3.8) is 0 Å². The monoisotopic (exact) mass is 248 g/mol. The van der Waals surface area contributed by atoms with Crippen LogP contribution in [0.25, 0.3) is 0 Å². The minimum Gasteiger partial charge on any atom is -0.393 e. The molecule has 18 heavy (non-hydrogen) atoms. The van der Waals surface area contributed by atoms with Crippen molar-refractivity contribution in [2.24, 2.45) is 0 Å². The highest BCUT2D eigenvalue weighted by atomic mass is 16.5. The van der Waals surface area contributed by atoms with Gasteiger partial charge >= 0.3 is 0 Å². The van der Waals surface area contributed by atoms with Crippen LogP contribution >= 0.6 is 0 Å². The highest BCUT2D eigenvalue weighted by Crippen LogP contribution is 2.45. The molecule has 0 unspecified atom stereocenters. The molecule has 3 nitrogen and oxygen atoms in total. The van der Waals surface area contributed by atoms with E-state index in [4.69, 9.17) is 9.47 Å². The van der Waals surface area contributed by atoms with Gasteiger partial charge in [0.05, 0.1) is 24.9 Å². The average molecular weight is 248 g/mol. The average Bonchev–Trinajstić information content (AvgIpc) is 2.36. The summed E-state index contributed by atoms with van der Waals surface area (Å²) in [5.74, 6) is 0. The summed E-state index contributed by atoms with van der Waals surface area (Å²) >= 11 is 0. The second-order valence-corrected chi connectivity index (χ2v) is 4.72. The number of methoxy groups -OCH3 is 1. The van der Waals surface area contributed by atoms with Gasteiger partial charge in [0.2, 0.25) is 0 Å². The molecule has 0 aliphatic heterocycles. The summed E-state index contributed by atoms with van der Waals surface area (Å²) in [5, 5.41) is 9.56. The number of hydrogen-bond acceptors (Lipinski definition) is 3. The van der Waals surface area contributed by atoms with Crippen LogP contribution in [0.2, 0.25) is 0 Å². The molecule has 1 aromatic carbocycles. The largest absolute Gasteiger partial charge is 0.393 e. The molecule has 0 amide bonds. The van der Waals surface area contributed by atoms with Crippen LogP contribution in [0.15, 0.2) is 36.9 Å². The molecule has 0 aromatic heterocycles. The van der Waals surface area contributed by atoms with E-state index >= 15 is 0 Å². The second kappa shape index (κ2) is 5.65. The van der Waals surface area contributed by atoms with Crippen LogP contribution in [0.4, 0.5) is 0 Å². The first-order valence-corrected chi connectivity index (χ1v) is 6.22. The maximum absolute atomic E-state index is 9.56. The van der Waals surface area contributed by atoms with Crippen LogP contribution in [-0.4, -0.2) is 24.9 Å². The van der Waals surface area contributed by atoms with Gasteiger partial charge in [-0.1, -0.05) is 30.3 Å². The molecule has 1 N–H and O–H groups in total. The Labute approximate surface area is 108 Å². The fraction of sp³-hybridized carbons (Fsp3) is 0.467. The number of aliphatic hydroxyl groups excluding tert-OH is 1. The van der Waals surface area contributed by atoms with Crippen LogP contribution < -0.4 is 0 Å². The van der Waals surface area contributed by atoms with Crippen LogP contribution in [0.5, 0.6) is 0 Å². The summed E-state index contributed by atoms with van der Waals surface area (Å²) in [6.45, 7) is 4.72. The van der Waals surface area contributed by atoms with Crippen molar-refractivity contribution in [1.29, 1.82) is 0 Å². The molecule has 1 aliphatic carbocycles. The number of rotatable bonds is 6. The van der Waals surface area contributed by atoms with Crippen LogP contribution in [-0.2, 0) is 21.7 Å². The molecule has 0 bridgehead atoms. The van der Waals surface area contributed by atoms with E-state index < -0.39 is 0 Å². The first-order chi connectivity index (χ1) is 8.72. The third-order valence-corrected chi connectivity index (χ3v) is 3.52. The normalized spacial score (nSPS) is 26.7. The Morgan fingerprint density at radius 3 is 2.78 bits per heavy atom. The minimum absolute atomic E-state index is 0.257. The maximum Gasteiger partial charge on any atom is 0.0980 e. The summed E-state index contributed by atoms with van der Waals surface area (Å²) in [6, 6.07) is 8.10. The first kappa shape index (κ1) is 13.3. The molecule has 1 aliphatic rings. The van der Waals surface area contributed by atoms with Gasteiger partial charge < -0.3 is 14.6 Å². The minimum atomic E-state index is -0.340. The number of ether oxygens (including phenoxy) is 2. The van der Waals surface area contributed by atoms with E-state index in [2.05, 4.69) is 12.6 Å². The number of benzene rings is 1. The van der Waals surface area contributed by atoms with E-state index in [1.807, 2.05) is 18.2 Å². The fourth-order valence-electron chi connectivity index (χ4n) is 2.54. The second-order valence-electron chi connectivity index (χ2n) is 4.72. The maximum atomic E-state index is 9.56. The van der Waals surface area contributed by atoms with Gasteiger partial charge in [0.25, 0.3) is 0 Å².